The van der Waals surface area contributed by atoms with Crippen LogP contribution < -0.4 is 5.73 Å². The van der Waals surface area contributed by atoms with Crippen LogP contribution in [0.2, 0.25) is 0 Å². The Kier molecular flexibility index (Phi) is 5.07. The highest BCUT2D eigenvalue weighted by Gasteiger charge is 2.33. The van der Waals surface area contributed by atoms with Crippen molar-refractivity contribution < 1.29 is 0 Å². The third-order valence-corrected chi connectivity index (χ3v) is 4.24. The van der Waals surface area contributed by atoms with Gasteiger partial charge in [-0.05, 0) is 38.8 Å². The van der Waals surface area contributed by atoms with E-state index in [2.05, 4.69) is 25.7 Å². The molecule has 0 aromatic carbocycles. The Labute approximate surface area is 95.2 Å². The van der Waals surface area contributed by atoms with E-state index in [0.29, 0.717) is 5.92 Å². The molecule has 1 fully saturated rings. The molecule has 0 bridgehead atoms. The maximum Gasteiger partial charge on any atom is 0.0326 e. The van der Waals surface area contributed by atoms with Gasteiger partial charge in [0.2, 0.25) is 0 Å². The first kappa shape index (κ1) is 13.0. The van der Waals surface area contributed by atoms with Crippen LogP contribution >= 0.6 is 0 Å². The Bertz CT molecular complexity index is 171. The number of hydrogen-bond donors (Lipinski definition) is 1. The summed E-state index contributed by atoms with van der Waals surface area (Å²) in [6, 6.07) is 0. The summed E-state index contributed by atoms with van der Waals surface area (Å²) in [5, 5.41) is 0. The Morgan fingerprint density at radius 1 is 1.07 bits per heavy atom. The maximum atomic E-state index is 5.99. The molecule has 0 amide bonds. The molecule has 1 atom stereocenters. The zero-order valence-electron chi connectivity index (χ0n) is 10.8. The Hall–Kier alpha value is -0.0800. The van der Waals surface area contributed by atoms with Crippen molar-refractivity contribution >= 4 is 0 Å². The van der Waals surface area contributed by atoms with E-state index in [-0.39, 0.29) is 5.54 Å². The Morgan fingerprint density at radius 2 is 1.53 bits per heavy atom. The molecule has 0 saturated carbocycles. The molecular formula is C13H28N2. The average molecular weight is 212 g/mol. The van der Waals surface area contributed by atoms with Gasteiger partial charge in [0.25, 0.3) is 0 Å². The molecular weight excluding hydrogens is 184 g/mol. The molecule has 90 valence electrons. The van der Waals surface area contributed by atoms with Gasteiger partial charge in [-0.3, -0.25) is 4.90 Å². The smallest absolute Gasteiger partial charge is 0.0326 e. The van der Waals surface area contributed by atoms with Gasteiger partial charge in [0.05, 0.1) is 0 Å². The summed E-state index contributed by atoms with van der Waals surface area (Å²) in [6.45, 7) is 10.2. The summed E-state index contributed by atoms with van der Waals surface area (Å²) in [5.41, 5.74) is 6.19. The highest BCUT2D eigenvalue weighted by atomic mass is 15.2. The summed E-state index contributed by atoms with van der Waals surface area (Å²) in [4.78, 5) is 2.64. The fourth-order valence-electron chi connectivity index (χ4n) is 2.49. The molecule has 2 N–H and O–H groups in total. The van der Waals surface area contributed by atoms with Crippen LogP contribution in [-0.4, -0.2) is 30.1 Å². The molecule has 1 aliphatic heterocycles. The van der Waals surface area contributed by atoms with E-state index in [1.165, 1.54) is 45.2 Å². The fourth-order valence-corrected chi connectivity index (χ4v) is 2.49. The largest absolute Gasteiger partial charge is 0.329 e. The molecule has 2 heteroatoms. The predicted molar refractivity (Wildman–Crippen MR) is 67.0 cm³/mol. The average Bonchev–Trinajstić information content (AvgIpc) is 2.15. The second-order valence-corrected chi connectivity index (χ2v) is 5.47. The van der Waals surface area contributed by atoms with Crippen LogP contribution in [0.4, 0.5) is 0 Å². The van der Waals surface area contributed by atoms with Crippen molar-refractivity contribution in [1.82, 2.24) is 4.90 Å². The van der Waals surface area contributed by atoms with Crippen molar-refractivity contribution in [3.63, 3.8) is 0 Å². The van der Waals surface area contributed by atoms with E-state index in [0.717, 1.165) is 6.54 Å². The highest BCUT2D eigenvalue weighted by molar-refractivity contribution is 4.90. The Balaban J connectivity index is 2.63. The SMILES string of the molecule is CC(C)C(C)(CN)N1CCCCCCC1. The van der Waals surface area contributed by atoms with Gasteiger partial charge in [-0.15, -0.1) is 0 Å². The second-order valence-electron chi connectivity index (χ2n) is 5.47. The minimum absolute atomic E-state index is 0.206. The first-order valence-corrected chi connectivity index (χ1v) is 6.56. The molecule has 0 spiro atoms. The van der Waals surface area contributed by atoms with Gasteiger partial charge in [-0.25, -0.2) is 0 Å². The number of nitrogens with two attached hydrogens (primary N) is 1. The van der Waals surface area contributed by atoms with Crippen LogP contribution in [0.1, 0.15) is 52.9 Å². The number of likely N-dealkylation sites (tertiary alicyclic amines) is 1. The third-order valence-electron chi connectivity index (χ3n) is 4.24. The van der Waals surface area contributed by atoms with Gasteiger partial charge in [-0.2, -0.15) is 0 Å². The van der Waals surface area contributed by atoms with Crippen molar-refractivity contribution in [2.75, 3.05) is 19.6 Å². The van der Waals surface area contributed by atoms with Gasteiger partial charge in [0.15, 0.2) is 0 Å². The van der Waals surface area contributed by atoms with Crippen LogP contribution in [-0.2, 0) is 0 Å². The number of nitrogens with zero attached hydrogens (tertiary/aromatic N) is 1. The second kappa shape index (κ2) is 5.86. The summed E-state index contributed by atoms with van der Waals surface area (Å²) in [6.07, 6.45) is 6.92. The lowest BCUT2D eigenvalue weighted by molar-refractivity contribution is 0.0592. The topological polar surface area (TPSA) is 29.3 Å². The van der Waals surface area contributed by atoms with Crippen molar-refractivity contribution in [2.24, 2.45) is 11.7 Å². The van der Waals surface area contributed by atoms with E-state index in [9.17, 15) is 0 Å². The van der Waals surface area contributed by atoms with Gasteiger partial charge < -0.3 is 5.73 Å². The third kappa shape index (κ3) is 3.18. The van der Waals surface area contributed by atoms with E-state index < -0.39 is 0 Å². The molecule has 0 aliphatic carbocycles. The molecule has 1 saturated heterocycles. The molecule has 0 aromatic heterocycles. The molecule has 1 rings (SSSR count). The van der Waals surface area contributed by atoms with Crippen LogP contribution in [0.5, 0.6) is 0 Å². The first-order valence-electron chi connectivity index (χ1n) is 6.56. The van der Waals surface area contributed by atoms with Crippen molar-refractivity contribution in [1.29, 1.82) is 0 Å². The predicted octanol–water partition coefficient (Wildman–Crippen LogP) is 2.63. The zero-order chi connectivity index (χ0) is 11.3. The lowest BCUT2D eigenvalue weighted by Crippen LogP contribution is -2.56. The maximum absolute atomic E-state index is 5.99. The van der Waals surface area contributed by atoms with Gasteiger partial charge in [-0.1, -0.05) is 33.1 Å². The fraction of sp³-hybridized carbons (Fsp3) is 1.00. The van der Waals surface area contributed by atoms with Gasteiger partial charge in [0.1, 0.15) is 0 Å². The number of rotatable bonds is 3. The van der Waals surface area contributed by atoms with Gasteiger partial charge in [0, 0.05) is 12.1 Å². The van der Waals surface area contributed by atoms with Crippen LogP contribution in [0, 0.1) is 5.92 Å². The quantitative estimate of drug-likeness (QED) is 0.779. The van der Waals surface area contributed by atoms with E-state index in [1.807, 2.05) is 0 Å². The summed E-state index contributed by atoms with van der Waals surface area (Å²) >= 11 is 0. The van der Waals surface area contributed by atoms with Crippen molar-refractivity contribution in [2.45, 2.75) is 58.4 Å². The zero-order valence-corrected chi connectivity index (χ0v) is 10.8. The van der Waals surface area contributed by atoms with E-state index >= 15 is 0 Å². The van der Waals surface area contributed by atoms with Crippen LogP contribution in [0.25, 0.3) is 0 Å². The summed E-state index contributed by atoms with van der Waals surface area (Å²) in [7, 11) is 0. The Morgan fingerprint density at radius 3 is 1.93 bits per heavy atom. The minimum Gasteiger partial charge on any atom is -0.329 e. The van der Waals surface area contributed by atoms with E-state index in [1.54, 1.807) is 0 Å². The minimum atomic E-state index is 0.206. The molecule has 2 nitrogen and oxygen atoms in total. The molecule has 1 aliphatic rings. The van der Waals surface area contributed by atoms with Crippen LogP contribution in [0.15, 0.2) is 0 Å². The first-order chi connectivity index (χ1) is 7.11. The molecule has 1 unspecified atom stereocenters. The summed E-state index contributed by atoms with van der Waals surface area (Å²) < 4.78 is 0. The lowest BCUT2D eigenvalue weighted by Gasteiger charge is -2.44. The van der Waals surface area contributed by atoms with Crippen LogP contribution in [0.3, 0.4) is 0 Å². The normalized spacial score (nSPS) is 24.6. The molecule has 0 aromatic rings. The lowest BCUT2D eigenvalue weighted by atomic mass is 9.85. The molecule has 1 heterocycles. The van der Waals surface area contributed by atoms with E-state index in [4.69, 9.17) is 5.73 Å². The summed E-state index contributed by atoms with van der Waals surface area (Å²) in [5.74, 6) is 0.641. The highest BCUT2D eigenvalue weighted by Crippen LogP contribution is 2.26. The number of hydrogen-bond acceptors (Lipinski definition) is 2. The van der Waals surface area contributed by atoms with Crippen molar-refractivity contribution in [3.05, 3.63) is 0 Å². The van der Waals surface area contributed by atoms with Gasteiger partial charge >= 0.3 is 0 Å². The monoisotopic (exact) mass is 212 g/mol. The van der Waals surface area contributed by atoms with Crippen molar-refractivity contribution in [3.8, 4) is 0 Å². The molecule has 0 radical (unpaired) electrons. The standard InChI is InChI=1S/C13H28N2/c1-12(2)13(3,11-14)15-9-7-5-4-6-8-10-15/h12H,4-11,14H2,1-3H3. The molecule has 15 heavy (non-hydrogen) atoms.